The maximum atomic E-state index is 6.24. The molecule has 1 aliphatic rings. The molecule has 0 saturated carbocycles. The Morgan fingerprint density at radius 3 is 2.27 bits per heavy atom. The van der Waals surface area contributed by atoms with E-state index in [1.807, 2.05) is 0 Å². The summed E-state index contributed by atoms with van der Waals surface area (Å²) < 4.78 is 0. The Morgan fingerprint density at radius 2 is 1.73 bits per heavy atom. The van der Waals surface area contributed by atoms with Gasteiger partial charge in [0, 0.05) is 43.1 Å². The van der Waals surface area contributed by atoms with E-state index in [0.717, 1.165) is 42.0 Å². The van der Waals surface area contributed by atoms with Gasteiger partial charge in [0.25, 0.3) is 0 Å². The smallest absolute Gasteiger partial charge is 0.0860 e. The molecule has 6 N–H and O–H groups in total. The minimum absolute atomic E-state index is 0.116. The van der Waals surface area contributed by atoms with Crippen molar-refractivity contribution in [2.24, 2.45) is 17.4 Å². The number of nitrogens with zero attached hydrogens (tertiary/aromatic N) is 1. The van der Waals surface area contributed by atoms with E-state index in [1.165, 1.54) is 16.7 Å². The van der Waals surface area contributed by atoms with E-state index in [0.29, 0.717) is 19.0 Å². The molecule has 1 aromatic carbocycles. The zero-order valence-electron chi connectivity index (χ0n) is 16.1. The summed E-state index contributed by atoms with van der Waals surface area (Å²) in [6, 6.07) is 8.53. The van der Waals surface area contributed by atoms with Crippen LogP contribution < -0.4 is 22.1 Å². The second kappa shape index (κ2) is 8.27. The number of benzene rings is 1. The summed E-state index contributed by atoms with van der Waals surface area (Å²) in [4.78, 5) is 4.97. The van der Waals surface area contributed by atoms with E-state index in [2.05, 4.69) is 55.7 Å². The summed E-state index contributed by atoms with van der Waals surface area (Å²) >= 11 is 0. The normalized spacial score (nSPS) is 15.2. The van der Waals surface area contributed by atoms with E-state index < -0.39 is 0 Å². The zero-order valence-corrected chi connectivity index (χ0v) is 16.1. The highest BCUT2D eigenvalue weighted by Crippen LogP contribution is 2.35. The predicted molar refractivity (Wildman–Crippen MR) is 107 cm³/mol. The summed E-state index contributed by atoms with van der Waals surface area (Å²) in [7, 11) is 0. The lowest BCUT2D eigenvalue weighted by Gasteiger charge is -2.24. The van der Waals surface area contributed by atoms with Crippen molar-refractivity contribution >= 4 is 0 Å². The predicted octanol–water partition coefficient (Wildman–Crippen LogP) is 2.36. The molecule has 2 heterocycles. The molecule has 0 amide bonds. The highest BCUT2D eigenvalue weighted by molar-refractivity contribution is 5.73. The molecule has 0 atom stereocenters. The van der Waals surface area contributed by atoms with Crippen LogP contribution in [-0.4, -0.2) is 18.1 Å². The molecule has 1 saturated heterocycles. The Balaban J connectivity index is 2.22. The summed E-state index contributed by atoms with van der Waals surface area (Å²) in [5.74, 6) is 0.535. The van der Waals surface area contributed by atoms with Crippen LogP contribution in [0.1, 0.15) is 48.1 Å². The lowest BCUT2D eigenvalue weighted by molar-refractivity contribution is 0.577. The van der Waals surface area contributed by atoms with Crippen molar-refractivity contribution in [3.63, 3.8) is 0 Å². The molecule has 26 heavy (non-hydrogen) atoms. The minimum atomic E-state index is 0.116. The molecule has 140 valence electrons. The van der Waals surface area contributed by atoms with E-state index >= 15 is 0 Å². The highest BCUT2D eigenvalue weighted by atomic mass is 15.2. The van der Waals surface area contributed by atoms with Gasteiger partial charge in [0.2, 0.25) is 0 Å². The molecule has 1 aromatic heterocycles. The second-order valence-corrected chi connectivity index (χ2v) is 7.46. The molecule has 0 bridgehead atoms. The monoisotopic (exact) mass is 353 g/mol. The quantitative estimate of drug-likeness (QED) is 0.640. The maximum absolute atomic E-state index is 6.24. The first-order valence-corrected chi connectivity index (χ1v) is 9.53. The lowest BCUT2D eigenvalue weighted by Crippen LogP contribution is -2.25. The zero-order chi connectivity index (χ0) is 18.7. The SMILES string of the molecule is Cc1nc(CC(C)C)c(CN)c(-c2ccc(CN)cc2)c1C1NCCN1. The summed E-state index contributed by atoms with van der Waals surface area (Å²) in [6.45, 7) is 9.52. The Hall–Kier alpha value is -1.79. The lowest BCUT2D eigenvalue weighted by atomic mass is 9.88. The molecule has 0 aliphatic carbocycles. The fourth-order valence-electron chi connectivity index (χ4n) is 3.79. The third kappa shape index (κ3) is 3.81. The van der Waals surface area contributed by atoms with Crippen molar-refractivity contribution in [1.82, 2.24) is 15.6 Å². The molecule has 3 rings (SSSR count). The molecule has 0 unspecified atom stereocenters. The van der Waals surface area contributed by atoms with Gasteiger partial charge in [0.1, 0.15) is 0 Å². The maximum Gasteiger partial charge on any atom is 0.0860 e. The van der Waals surface area contributed by atoms with Crippen LogP contribution in [0.25, 0.3) is 11.1 Å². The van der Waals surface area contributed by atoms with Crippen molar-refractivity contribution in [1.29, 1.82) is 0 Å². The van der Waals surface area contributed by atoms with Crippen molar-refractivity contribution in [3.05, 3.63) is 52.3 Å². The number of aryl methyl sites for hydroxylation is 1. The van der Waals surface area contributed by atoms with Crippen LogP contribution in [0.5, 0.6) is 0 Å². The number of pyridine rings is 1. The fourth-order valence-corrected chi connectivity index (χ4v) is 3.79. The van der Waals surface area contributed by atoms with Gasteiger partial charge in [-0.25, -0.2) is 0 Å². The van der Waals surface area contributed by atoms with Crippen LogP contribution >= 0.6 is 0 Å². The van der Waals surface area contributed by atoms with Crippen LogP contribution in [0, 0.1) is 12.8 Å². The third-order valence-electron chi connectivity index (χ3n) is 5.01. The second-order valence-electron chi connectivity index (χ2n) is 7.46. The molecule has 1 fully saturated rings. The summed E-state index contributed by atoms with van der Waals surface area (Å²) in [5.41, 5.74) is 20.1. The van der Waals surface area contributed by atoms with Crippen LogP contribution in [0.2, 0.25) is 0 Å². The average Bonchev–Trinajstić information content (AvgIpc) is 3.15. The van der Waals surface area contributed by atoms with Crippen LogP contribution in [0.15, 0.2) is 24.3 Å². The Bertz CT molecular complexity index is 746. The molecule has 1 aliphatic heterocycles. The number of rotatable bonds is 6. The van der Waals surface area contributed by atoms with E-state index in [4.69, 9.17) is 16.5 Å². The Kier molecular flexibility index (Phi) is 6.04. The van der Waals surface area contributed by atoms with E-state index in [9.17, 15) is 0 Å². The van der Waals surface area contributed by atoms with E-state index in [-0.39, 0.29) is 6.17 Å². The van der Waals surface area contributed by atoms with Gasteiger partial charge in [-0.05, 0) is 41.5 Å². The standard InChI is InChI=1S/C21H31N5/c1-13(2)10-18-17(12-23)20(16-6-4-15(11-22)5-7-16)19(14(3)26-18)21-24-8-9-25-21/h4-7,13,21,24-25H,8-12,22-23H2,1-3H3. The van der Waals surface area contributed by atoms with Gasteiger partial charge in [-0.2, -0.15) is 0 Å². The van der Waals surface area contributed by atoms with Crippen LogP contribution in [-0.2, 0) is 19.5 Å². The van der Waals surface area contributed by atoms with Crippen molar-refractivity contribution < 1.29 is 0 Å². The van der Waals surface area contributed by atoms with Gasteiger partial charge in [0.05, 0.1) is 6.17 Å². The number of aromatic nitrogens is 1. The Labute approximate surface area is 156 Å². The number of nitrogens with one attached hydrogen (secondary N) is 2. The van der Waals surface area contributed by atoms with Gasteiger partial charge < -0.3 is 11.5 Å². The first kappa shape index (κ1) is 19.0. The number of hydrogen-bond donors (Lipinski definition) is 4. The van der Waals surface area contributed by atoms with Gasteiger partial charge >= 0.3 is 0 Å². The largest absolute Gasteiger partial charge is 0.326 e. The highest BCUT2D eigenvalue weighted by Gasteiger charge is 2.26. The van der Waals surface area contributed by atoms with Crippen LogP contribution in [0.4, 0.5) is 0 Å². The molecule has 2 aromatic rings. The molecule has 0 spiro atoms. The van der Waals surface area contributed by atoms with Crippen molar-refractivity contribution in [2.45, 2.75) is 46.4 Å². The van der Waals surface area contributed by atoms with Crippen LogP contribution in [0.3, 0.4) is 0 Å². The van der Waals surface area contributed by atoms with Gasteiger partial charge in [-0.15, -0.1) is 0 Å². The van der Waals surface area contributed by atoms with Gasteiger partial charge in [-0.3, -0.25) is 15.6 Å². The first-order valence-electron chi connectivity index (χ1n) is 9.53. The molecule has 0 radical (unpaired) electrons. The topological polar surface area (TPSA) is 89.0 Å². The third-order valence-corrected chi connectivity index (χ3v) is 5.01. The average molecular weight is 354 g/mol. The van der Waals surface area contributed by atoms with Crippen molar-refractivity contribution in [3.8, 4) is 11.1 Å². The Morgan fingerprint density at radius 1 is 1.08 bits per heavy atom. The fraction of sp³-hybridized carbons (Fsp3) is 0.476. The number of nitrogens with two attached hydrogens (primary N) is 2. The molecule has 5 heteroatoms. The van der Waals surface area contributed by atoms with Gasteiger partial charge in [-0.1, -0.05) is 38.1 Å². The summed E-state index contributed by atoms with van der Waals surface area (Å²) in [5, 5.41) is 7.09. The van der Waals surface area contributed by atoms with E-state index in [1.54, 1.807) is 0 Å². The molecular weight excluding hydrogens is 322 g/mol. The van der Waals surface area contributed by atoms with Gasteiger partial charge in [0.15, 0.2) is 0 Å². The molecule has 5 nitrogen and oxygen atoms in total. The van der Waals surface area contributed by atoms with Crippen molar-refractivity contribution in [2.75, 3.05) is 13.1 Å². The minimum Gasteiger partial charge on any atom is -0.326 e. The molecular formula is C21H31N5. The number of hydrogen-bond acceptors (Lipinski definition) is 5. The first-order chi connectivity index (χ1) is 12.5. The summed E-state index contributed by atoms with van der Waals surface area (Å²) in [6.07, 6.45) is 1.05.